The van der Waals surface area contributed by atoms with Gasteiger partial charge >= 0.3 is 6.18 Å². The number of amidine groups is 1. The molecule has 1 aromatic heterocycles. The van der Waals surface area contributed by atoms with Crippen molar-refractivity contribution in [2.24, 2.45) is 4.99 Å². The molecule has 202 valence electrons. The van der Waals surface area contributed by atoms with Gasteiger partial charge in [-0.25, -0.2) is 0 Å². The van der Waals surface area contributed by atoms with Crippen LogP contribution in [0.3, 0.4) is 0 Å². The fourth-order valence-electron chi connectivity index (χ4n) is 4.26. The van der Waals surface area contributed by atoms with Crippen molar-refractivity contribution in [3.63, 3.8) is 0 Å². The first-order valence-electron chi connectivity index (χ1n) is 12.3. The van der Waals surface area contributed by atoms with E-state index < -0.39 is 11.7 Å². The van der Waals surface area contributed by atoms with E-state index in [4.69, 9.17) is 0 Å². The van der Waals surface area contributed by atoms with E-state index in [0.717, 1.165) is 42.6 Å². The lowest BCUT2D eigenvalue weighted by atomic mass is 10.0. The highest BCUT2D eigenvalue weighted by Crippen LogP contribution is 2.34. The van der Waals surface area contributed by atoms with Crippen LogP contribution in [-0.2, 0) is 17.5 Å². The highest BCUT2D eigenvalue weighted by Gasteiger charge is 2.33. The summed E-state index contributed by atoms with van der Waals surface area (Å²) < 4.78 is 43.2. The van der Waals surface area contributed by atoms with Crippen LogP contribution in [0.2, 0.25) is 0 Å². The summed E-state index contributed by atoms with van der Waals surface area (Å²) in [5.74, 6) is -0.274. The standard InChI is InChI=1S/C27H29F3IN5OS/c1-5-35(6-2)12-11-34(4)26-32-25(37)23(38-26)15-18-8-10-22-20(14-18)24(31)33-36(22)16-19-9-7-17(3)13-21(19)27(28,29)30/h7-10,13-15H,5-6,11-12,16H2,1-4H3/b23-15-. The molecule has 0 bridgehead atoms. The SMILES string of the molecule is CCN(CC)CCN(C)C1=NC(=O)/C(=C/c2ccc3c(c2)c(I)nn3Cc2ccc(C)cc2C(F)(F)F)S1. The molecule has 11 heteroatoms. The van der Waals surface area contributed by atoms with Crippen LogP contribution in [0.15, 0.2) is 46.3 Å². The maximum Gasteiger partial charge on any atom is 0.416 e. The van der Waals surface area contributed by atoms with Gasteiger partial charge in [-0.1, -0.05) is 37.6 Å². The molecule has 0 saturated carbocycles. The van der Waals surface area contributed by atoms with Gasteiger partial charge in [0.2, 0.25) is 0 Å². The van der Waals surface area contributed by atoms with Crippen molar-refractivity contribution in [2.45, 2.75) is 33.5 Å². The largest absolute Gasteiger partial charge is 0.416 e. The number of aliphatic imine (C=N–C) groups is 1. The Labute approximate surface area is 238 Å². The number of hydrogen-bond donors (Lipinski definition) is 0. The first-order chi connectivity index (χ1) is 18.0. The number of aryl methyl sites for hydroxylation is 1. The minimum atomic E-state index is -4.44. The van der Waals surface area contributed by atoms with E-state index in [-0.39, 0.29) is 18.0 Å². The van der Waals surface area contributed by atoms with Crippen LogP contribution in [0, 0.1) is 10.6 Å². The third-order valence-corrected chi connectivity index (χ3v) is 8.39. The topological polar surface area (TPSA) is 53.7 Å². The first-order valence-corrected chi connectivity index (χ1v) is 14.2. The molecule has 2 aromatic carbocycles. The summed E-state index contributed by atoms with van der Waals surface area (Å²) in [5, 5.41) is 6.00. The molecule has 0 fully saturated rings. The van der Waals surface area contributed by atoms with E-state index in [1.165, 1.54) is 23.9 Å². The molecule has 0 N–H and O–H groups in total. The third-order valence-electron chi connectivity index (χ3n) is 6.50. The van der Waals surface area contributed by atoms with Crippen molar-refractivity contribution in [1.29, 1.82) is 0 Å². The zero-order valence-corrected chi connectivity index (χ0v) is 24.6. The van der Waals surface area contributed by atoms with Crippen LogP contribution in [0.4, 0.5) is 13.2 Å². The van der Waals surface area contributed by atoms with Gasteiger partial charge in [-0.05, 0) is 89.8 Å². The summed E-state index contributed by atoms with van der Waals surface area (Å²) in [5.41, 5.74) is 1.60. The Morgan fingerprint density at radius 1 is 1.11 bits per heavy atom. The Bertz CT molecular complexity index is 1410. The number of carbonyl (C=O) groups is 1. The smallest absolute Gasteiger partial charge is 0.353 e. The molecule has 3 aromatic rings. The minimum absolute atomic E-state index is 0.000421. The van der Waals surface area contributed by atoms with E-state index in [0.29, 0.717) is 19.3 Å². The van der Waals surface area contributed by atoms with E-state index in [1.54, 1.807) is 23.7 Å². The van der Waals surface area contributed by atoms with Gasteiger partial charge in [0.25, 0.3) is 5.91 Å². The second-order valence-electron chi connectivity index (χ2n) is 9.14. The second kappa shape index (κ2) is 11.8. The van der Waals surface area contributed by atoms with Crippen molar-refractivity contribution < 1.29 is 18.0 Å². The van der Waals surface area contributed by atoms with E-state index >= 15 is 0 Å². The first kappa shape index (κ1) is 28.6. The molecule has 4 rings (SSSR count). The number of likely N-dealkylation sites (N-methyl/N-ethyl adjacent to an activating group) is 2. The quantitative estimate of drug-likeness (QED) is 0.212. The Morgan fingerprint density at radius 3 is 2.53 bits per heavy atom. The van der Waals surface area contributed by atoms with Crippen molar-refractivity contribution in [1.82, 2.24) is 19.6 Å². The molecule has 0 aliphatic carbocycles. The van der Waals surface area contributed by atoms with Crippen LogP contribution in [0.25, 0.3) is 17.0 Å². The summed E-state index contributed by atoms with van der Waals surface area (Å²) in [6, 6.07) is 9.95. The van der Waals surface area contributed by atoms with Gasteiger partial charge in [0.1, 0.15) is 3.70 Å². The molecule has 6 nitrogen and oxygen atoms in total. The molecule has 1 aliphatic heterocycles. The fraction of sp³-hybridized carbons (Fsp3) is 0.370. The molecule has 0 radical (unpaired) electrons. The van der Waals surface area contributed by atoms with Gasteiger partial charge in [-0.3, -0.25) is 9.48 Å². The highest BCUT2D eigenvalue weighted by atomic mass is 127. The van der Waals surface area contributed by atoms with Crippen LogP contribution in [-0.4, -0.2) is 63.9 Å². The van der Waals surface area contributed by atoms with Gasteiger partial charge < -0.3 is 9.80 Å². The number of nitrogens with zero attached hydrogens (tertiary/aromatic N) is 5. The predicted octanol–water partition coefficient (Wildman–Crippen LogP) is 6.26. The minimum Gasteiger partial charge on any atom is -0.353 e. The molecular formula is C27H29F3IN5OS. The number of hydrogen-bond acceptors (Lipinski definition) is 5. The number of alkyl halides is 3. The number of carbonyl (C=O) groups excluding carboxylic acids is 1. The zero-order valence-electron chi connectivity index (χ0n) is 21.6. The van der Waals surface area contributed by atoms with Gasteiger partial charge in [0.15, 0.2) is 5.17 Å². The number of thioether (sulfide) groups is 1. The van der Waals surface area contributed by atoms with E-state index in [2.05, 4.69) is 51.4 Å². The summed E-state index contributed by atoms with van der Waals surface area (Å²) in [6.07, 6.45) is -2.64. The maximum absolute atomic E-state index is 13.6. The lowest BCUT2D eigenvalue weighted by Gasteiger charge is -2.23. The number of benzene rings is 2. The van der Waals surface area contributed by atoms with Crippen LogP contribution < -0.4 is 0 Å². The third kappa shape index (κ3) is 6.42. The zero-order chi connectivity index (χ0) is 27.6. The van der Waals surface area contributed by atoms with Crippen molar-refractivity contribution >= 4 is 62.4 Å². The molecular weight excluding hydrogens is 626 g/mol. The Morgan fingerprint density at radius 2 is 1.84 bits per heavy atom. The molecule has 2 heterocycles. The number of fused-ring (bicyclic) bond motifs is 1. The average Bonchev–Trinajstić information content (AvgIpc) is 3.39. The molecule has 0 atom stereocenters. The molecule has 0 saturated heterocycles. The Kier molecular flexibility index (Phi) is 8.88. The van der Waals surface area contributed by atoms with Gasteiger partial charge in [-0.2, -0.15) is 23.3 Å². The van der Waals surface area contributed by atoms with E-state index in [9.17, 15) is 18.0 Å². The summed E-state index contributed by atoms with van der Waals surface area (Å²) in [6.45, 7) is 9.50. The normalized spacial score (nSPS) is 15.2. The summed E-state index contributed by atoms with van der Waals surface area (Å²) in [4.78, 5) is 21.7. The molecule has 0 unspecified atom stereocenters. The average molecular weight is 656 g/mol. The number of amides is 1. The van der Waals surface area contributed by atoms with Crippen molar-refractivity contribution in [2.75, 3.05) is 33.2 Å². The van der Waals surface area contributed by atoms with Gasteiger partial charge in [0.05, 0.1) is 22.5 Å². The van der Waals surface area contributed by atoms with Crippen molar-refractivity contribution in [3.05, 3.63) is 67.3 Å². The van der Waals surface area contributed by atoms with E-state index in [1.807, 2.05) is 30.1 Å². The van der Waals surface area contributed by atoms with Gasteiger partial charge in [0, 0.05) is 25.5 Å². The molecule has 1 aliphatic rings. The van der Waals surface area contributed by atoms with Crippen LogP contribution in [0.1, 0.15) is 36.1 Å². The van der Waals surface area contributed by atoms with Crippen molar-refractivity contribution in [3.8, 4) is 0 Å². The van der Waals surface area contributed by atoms with Crippen LogP contribution >= 0.6 is 34.4 Å². The second-order valence-corrected chi connectivity index (χ2v) is 11.2. The lowest BCUT2D eigenvalue weighted by molar-refractivity contribution is -0.138. The summed E-state index contributed by atoms with van der Waals surface area (Å²) in [7, 11) is 1.94. The number of aromatic nitrogens is 2. The van der Waals surface area contributed by atoms with Crippen LogP contribution in [0.5, 0.6) is 0 Å². The highest BCUT2D eigenvalue weighted by molar-refractivity contribution is 14.1. The Hall–Kier alpha value is -2.38. The maximum atomic E-state index is 13.6. The summed E-state index contributed by atoms with van der Waals surface area (Å²) >= 11 is 3.44. The molecule has 38 heavy (non-hydrogen) atoms. The predicted molar refractivity (Wildman–Crippen MR) is 156 cm³/mol. The molecule has 0 spiro atoms. The number of halogens is 4. The monoisotopic (exact) mass is 655 g/mol. The number of rotatable bonds is 8. The molecule has 1 amide bonds. The lowest BCUT2D eigenvalue weighted by Crippen LogP contribution is -2.34. The Balaban J connectivity index is 1.54. The fourth-order valence-corrected chi connectivity index (χ4v) is 5.85. The van der Waals surface area contributed by atoms with Gasteiger partial charge in [-0.15, -0.1) is 0 Å².